The van der Waals surface area contributed by atoms with Gasteiger partial charge >= 0.3 is 5.97 Å². The Morgan fingerprint density at radius 1 is 1.38 bits per heavy atom. The van der Waals surface area contributed by atoms with E-state index in [2.05, 4.69) is 16.9 Å². The Hall–Kier alpha value is -1.32. The number of aromatic nitrogens is 2. The fourth-order valence-corrected chi connectivity index (χ4v) is 1.11. The quantitative estimate of drug-likeness (QED) is 0.783. The minimum absolute atomic E-state index is 0.316. The van der Waals surface area contributed by atoms with Gasteiger partial charge < -0.3 is 10.1 Å². The average Bonchev–Trinajstić information content (AvgIpc) is 2.77. The molecule has 16 heavy (non-hydrogen) atoms. The number of hydrogen-bond acceptors (Lipinski definition) is 2. The molecule has 0 saturated heterocycles. The minimum Gasteiger partial charge on any atom is -0.481 e. The largest absolute Gasteiger partial charge is 0.481 e. The standard InChI is InChI=1S/C7H12N2.C5H10O2/c1-2-3-4-7-8-5-6-9-7;1-2-3-4-5(6)7/h5-6H,2-4H2,1H3,(H,8,9);2-4H2,1H3,(H,6,7). The van der Waals surface area contributed by atoms with E-state index < -0.39 is 5.97 Å². The van der Waals surface area contributed by atoms with E-state index in [-0.39, 0.29) is 0 Å². The first-order valence-electron chi connectivity index (χ1n) is 5.90. The first-order valence-corrected chi connectivity index (χ1v) is 5.90. The lowest BCUT2D eigenvalue weighted by molar-refractivity contribution is -0.137. The smallest absolute Gasteiger partial charge is 0.303 e. The Bertz CT molecular complexity index is 258. The Morgan fingerprint density at radius 2 is 2.06 bits per heavy atom. The second kappa shape index (κ2) is 10.2. The molecule has 4 heteroatoms. The van der Waals surface area contributed by atoms with Crippen molar-refractivity contribution in [1.29, 1.82) is 0 Å². The zero-order chi connectivity index (χ0) is 12.2. The Kier molecular flexibility index (Phi) is 9.36. The first kappa shape index (κ1) is 14.7. The van der Waals surface area contributed by atoms with Crippen LogP contribution in [0.2, 0.25) is 0 Å². The lowest BCUT2D eigenvalue weighted by Gasteiger charge is -1.90. The third kappa shape index (κ3) is 9.24. The first-order chi connectivity index (χ1) is 7.70. The van der Waals surface area contributed by atoms with Crippen LogP contribution < -0.4 is 0 Å². The monoisotopic (exact) mass is 226 g/mol. The predicted octanol–water partition coefficient (Wildman–Crippen LogP) is 3.01. The van der Waals surface area contributed by atoms with Crippen molar-refractivity contribution in [3.8, 4) is 0 Å². The molecule has 0 fully saturated rings. The van der Waals surface area contributed by atoms with Crippen molar-refractivity contribution in [2.75, 3.05) is 0 Å². The van der Waals surface area contributed by atoms with Crippen LogP contribution in [0.25, 0.3) is 0 Å². The average molecular weight is 226 g/mol. The molecular formula is C12H22N2O2. The van der Waals surface area contributed by atoms with Crippen molar-refractivity contribution in [3.05, 3.63) is 18.2 Å². The van der Waals surface area contributed by atoms with Gasteiger partial charge in [0.05, 0.1) is 0 Å². The number of hydrogen-bond donors (Lipinski definition) is 2. The molecule has 0 unspecified atom stereocenters. The number of carboxylic acid groups (broad SMARTS) is 1. The number of nitrogens with one attached hydrogen (secondary N) is 1. The van der Waals surface area contributed by atoms with Gasteiger partial charge in [-0.05, 0) is 12.8 Å². The molecule has 0 saturated carbocycles. The number of carboxylic acids is 1. The number of aliphatic carboxylic acids is 1. The Morgan fingerprint density at radius 3 is 2.44 bits per heavy atom. The number of aromatic amines is 1. The van der Waals surface area contributed by atoms with Gasteiger partial charge in [0.2, 0.25) is 0 Å². The van der Waals surface area contributed by atoms with Gasteiger partial charge in [-0.1, -0.05) is 26.7 Å². The van der Waals surface area contributed by atoms with Crippen LogP contribution in [0.5, 0.6) is 0 Å². The van der Waals surface area contributed by atoms with E-state index in [1.54, 1.807) is 6.20 Å². The van der Waals surface area contributed by atoms with E-state index in [4.69, 9.17) is 5.11 Å². The maximum absolute atomic E-state index is 9.76. The minimum atomic E-state index is -0.693. The van der Waals surface area contributed by atoms with Crippen molar-refractivity contribution in [2.24, 2.45) is 0 Å². The van der Waals surface area contributed by atoms with Gasteiger partial charge in [-0.2, -0.15) is 0 Å². The number of rotatable bonds is 6. The number of unbranched alkanes of at least 4 members (excludes halogenated alkanes) is 2. The third-order valence-electron chi connectivity index (χ3n) is 2.07. The summed E-state index contributed by atoms with van der Waals surface area (Å²) in [7, 11) is 0. The number of H-pyrrole nitrogens is 1. The summed E-state index contributed by atoms with van der Waals surface area (Å²) in [6, 6.07) is 0. The molecule has 4 nitrogen and oxygen atoms in total. The highest BCUT2D eigenvalue weighted by atomic mass is 16.4. The van der Waals surface area contributed by atoms with E-state index in [9.17, 15) is 4.79 Å². The molecule has 0 radical (unpaired) electrons. The van der Waals surface area contributed by atoms with Crippen molar-refractivity contribution in [1.82, 2.24) is 9.97 Å². The van der Waals surface area contributed by atoms with Crippen molar-refractivity contribution >= 4 is 5.97 Å². The summed E-state index contributed by atoms with van der Waals surface area (Å²) in [4.78, 5) is 16.9. The van der Waals surface area contributed by atoms with Gasteiger partial charge in [-0.3, -0.25) is 4.79 Å². The summed E-state index contributed by atoms with van der Waals surface area (Å²) >= 11 is 0. The molecule has 1 aromatic heterocycles. The molecule has 0 amide bonds. The predicted molar refractivity (Wildman–Crippen MR) is 64.4 cm³/mol. The highest BCUT2D eigenvalue weighted by Gasteiger charge is 1.91. The van der Waals surface area contributed by atoms with Crippen LogP contribution in [0, 0.1) is 0 Å². The van der Waals surface area contributed by atoms with Gasteiger partial charge in [0.15, 0.2) is 0 Å². The second-order valence-electron chi connectivity index (χ2n) is 3.64. The highest BCUT2D eigenvalue weighted by Crippen LogP contribution is 1.96. The Balaban J connectivity index is 0.000000293. The van der Waals surface area contributed by atoms with Crippen LogP contribution in [-0.2, 0) is 11.2 Å². The van der Waals surface area contributed by atoms with Crippen LogP contribution in [-0.4, -0.2) is 21.0 Å². The molecule has 0 spiro atoms. The summed E-state index contributed by atoms with van der Waals surface area (Å²) in [5.41, 5.74) is 0. The number of imidazole rings is 1. The maximum atomic E-state index is 9.76. The van der Waals surface area contributed by atoms with E-state index in [1.807, 2.05) is 13.1 Å². The van der Waals surface area contributed by atoms with Crippen LogP contribution in [0.15, 0.2) is 12.4 Å². The zero-order valence-corrected chi connectivity index (χ0v) is 10.2. The lowest BCUT2D eigenvalue weighted by atomic mass is 10.2. The number of carbonyl (C=O) groups is 1. The summed E-state index contributed by atoms with van der Waals surface area (Å²) in [6.07, 6.45) is 9.30. The molecule has 0 bridgehead atoms. The highest BCUT2D eigenvalue weighted by molar-refractivity contribution is 5.66. The molecule has 1 rings (SSSR count). The molecule has 92 valence electrons. The van der Waals surface area contributed by atoms with E-state index in [1.165, 1.54) is 12.8 Å². The summed E-state index contributed by atoms with van der Waals surface area (Å²) in [6.45, 7) is 4.16. The molecule has 0 aliphatic heterocycles. The van der Waals surface area contributed by atoms with Gasteiger partial charge in [0.1, 0.15) is 5.82 Å². The normalized spacial score (nSPS) is 9.38. The van der Waals surface area contributed by atoms with Crippen molar-refractivity contribution < 1.29 is 9.90 Å². The lowest BCUT2D eigenvalue weighted by Crippen LogP contribution is -1.91. The number of aryl methyl sites for hydroxylation is 1. The van der Waals surface area contributed by atoms with Gasteiger partial charge in [0.25, 0.3) is 0 Å². The van der Waals surface area contributed by atoms with Crippen molar-refractivity contribution in [2.45, 2.75) is 52.4 Å². The fourth-order valence-electron chi connectivity index (χ4n) is 1.11. The summed E-state index contributed by atoms with van der Waals surface area (Å²) < 4.78 is 0. The second-order valence-corrected chi connectivity index (χ2v) is 3.64. The molecule has 1 aromatic rings. The molecular weight excluding hydrogens is 204 g/mol. The van der Waals surface area contributed by atoms with Gasteiger partial charge in [-0.15, -0.1) is 0 Å². The van der Waals surface area contributed by atoms with Crippen LogP contribution in [0.1, 0.15) is 51.8 Å². The molecule has 0 atom stereocenters. The summed E-state index contributed by atoms with van der Waals surface area (Å²) in [5, 5.41) is 8.04. The molecule has 1 heterocycles. The van der Waals surface area contributed by atoms with Crippen LogP contribution >= 0.6 is 0 Å². The summed E-state index contributed by atoms with van der Waals surface area (Å²) in [5.74, 6) is 0.415. The molecule has 0 aliphatic rings. The van der Waals surface area contributed by atoms with Crippen LogP contribution in [0.3, 0.4) is 0 Å². The molecule has 0 aliphatic carbocycles. The number of nitrogens with zero attached hydrogens (tertiary/aromatic N) is 1. The topological polar surface area (TPSA) is 66.0 Å². The van der Waals surface area contributed by atoms with Crippen molar-refractivity contribution in [3.63, 3.8) is 0 Å². The van der Waals surface area contributed by atoms with Crippen LogP contribution in [0.4, 0.5) is 0 Å². The van der Waals surface area contributed by atoms with E-state index in [0.29, 0.717) is 6.42 Å². The van der Waals surface area contributed by atoms with E-state index >= 15 is 0 Å². The van der Waals surface area contributed by atoms with E-state index in [0.717, 1.165) is 25.1 Å². The van der Waals surface area contributed by atoms with Gasteiger partial charge in [0, 0.05) is 25.2 Å². The molecule has 0 aromatic carbocycles. The maximum Gasteiger partial charge on any atom is 0.303 e. The fraction of sp³-hybridized carbons (Fsp3) is 0.667. The zero-order valence-electron chi connectivity index (χ0n) is 10.2. The SMILES string of the molecule is CCCCC(=O)O.CCCCc1ncc[nH]1. The molecule has 2 N–H and O–H groups in total. The Labute approximate surface area is 97.1 Å². The van der Waals surface area contributed by atoms with Gasteiger partial charge in [-0.25, -0.2) is 4.98 Å². The third-order valence-corrected chi connectivity index (χ3v) is 2.07.